The number of ether oxygens (including phenoxy) is 1. The number of benzene rings is 1. The molecule has 0 saturated carbocycles. The van der Waals surface area contributed by atoms with Gasteiger partial charge in [0.2, 0.25) is 11.9 Å². The molecule has 0 bridgehead atoms. The number of hydrogen-bond donors (Lipinski definition) is 2. The molecule has 3 N–H and O–H groups in total. The Hall–Kier alpha value is -2.44. The van der Waals surface area contributed by atoms with Crippen LogP contribution in [0.25, 0.3) is 0 Å². The predicted octanol–water partition coefficient (Wildman–Crippen LogP) is 3.15. The van der Waals surface area contributed by atoms with Crippen molar-refractivity contribution in [1.29, 1.82) is 0 Å². The third-order valence-corrected chi connectivity index (χ3v) is 3.26. The van der Waals surface area contributed by atoms with E-state index < -0.39 is 5.67 Å². The van der Waals surface area contributed by atoms with Gasteiger partial charge < -0.3 is 15.8 Å². The van der Waals surface area contributed by atoms with Gasteiger partial charge in [-0.1, -0.05) is 6.07 Å². The van der Waals surface area contributed by atoms with Crippen LogP contribution in [-0.4, -0.2) is 27.6 Å². The number of aromatic nitrogens is 3. The number of rotatable bonds is 6. The fourth-order valence-corrected chi connectivity index (χ4v) is 2.22. The summed E-state index contributed by atoms with van der Waals surface area (Å²) in [6.45, 7) is 9.12. The zero-order valence-electron chi connectivity index (χ0n) is 14.7. The van der Waals surface area contributed by atoms with Gasteiger partial charge in [0.05, 0.1) is 6.04 Å². The molecule has 6 nitrogen and oxygen atoms in total. The molecule has 0 aliphatic carbocycles. The van der Waals surface area contributed by atoms with Crippen LogP contribution in [0.3, 0.4) is 0 Å². The lowest BCUT2D eigenvalue weighted by Gasteiger charge is -2.18. The van der Waals surface area contributed by atoms with Crippen LogP contribution < -0.4 is 15.8 Å². The number of halogens is 1. The van der Waals surface area contributed by atoms with Crippen LogP contribution in [-0.2, 0) is 5.67 Å². The summed E-state index contributed by atoms with van der Waals surface area (Å²) in [6.07, 6.45) is 0. The summed E-state index contributed by atoms with van der Waals surface area (Å²) in [4.78, 5) is 11.9. The van der Waals surface area contributed by atoms with Gasteiger partial charge in [-0.3, -0.25) is 0 Å². The fourth-order valence-electron chi connectivity index (χ4n) is 2.22. The van der Waals surface area contributed by atoms with E-state index in [4.69, 9.17) is 10.5 Å². The van der Waals surface area contributed by atoms with Gasteiger partial charge in [0, 0.05) is 0 Å². The summed E-state index contributed by atoms with van der Waals surface area (Å²) in [5, 5.41) is 3.06. The average molecular weight is 333 g/mol. The molecule has 0 aliphatic rings. The Balaban J connectivity index is 2.02. The van der Waals surface area contributed by atoms with Crippen LogP contribution in [0.2, 0.25) is 0 Å². The molecule has 2 rings (SSSR count). The summed E-state index contributed by atoms with van der Waals surface area (Å²) in [5.41, 5.74) is 6.23. The van der Waals surface area contributed by atoms with Crippen molar-refractivity contribution in [3.05, 3.63) is 35.2 Å². The van der Waals surface area contributed by atoms with Crippen molar-refractivity contribution in [2.45, 2.75) is 46.3 Å². The maximum atomic E-state index is 14.0. The molecule has 1 aromatic heterocycles. The molecule has 0 fully saturated rings. The second kappa shape index (κ2) is 6.98. The Labute approximate surface area is 141 Å². The number of alkyl halides is 1. The summed E-state index contributed by atoms with van der Waals surface area (Å²) in [5.74, 6) is 1.03. The smallest absolute Gasteiger partial charge is 0.228 e. The van der Waals surface area contributed by atoms with E-state index in [1.807, 2.05) is 32.9 Å². The lowest BCUT2D eigenvalue weighted by molar-refractivity contribution is 0.206. The third kappa shape index (κ3) is 5.04. The van der Waals surface area contributed by atoms with E-state index in [0.717, 1.165) is 16.9 Å². The number of anilines is 2. The highest BCUT2D eigenvalue weighted by Gasteiger charge is 2.24. The van der Waals surface area contributed by atoms with Crippen molar-refractivity contribution >= 4 is 11.9 Å². The van der Waals surface area contributed by atoms with Gasteiger partial charge in [-0.25, -0.2) is 4.39 Å². The van der Waals surface area contributed by atoms with Crippen molar-refractivity contribution in [1.82, 2.24) is 15.0 Å². The monoisotopic (exact) mass is 333 g/mol. The van der Waals surface area contributed by atoms with E-state index in [2.05, 4.69) is 26.3 Å². The number of nitrogens with zero attached hydrogens (tertiary/aromatic N) is 3. The van der Waals surface area contributed by atoms with Crippen molar-refractivity contribution < 1.29 is 9.13 Å². The van der Waals surface area contributed by atoms with Crippen molar-refractivity contribution in [3.63, 3.8) is 0 Å². The molecule has 130 valence electrons. The Kier molecular flexibility index (Phi) is 5.21. The molecule has 0 unspecified atom stereocenters. The Bertz CT molecular complexity index is 694. The minimum atomic E-state index is -1.69. The first kappa shape index (κ1) is 17.9. The van der Waals surface area contributed by atoms with E-state index in [0.29, 0.717) is 6.61 Å². The SMILES string of the molecule is Cc1cc(C)cc(OC[C@@H](C)Nc2nc(N)nc(C(C)(C)F)n2)c1. The second-order valence-corrected chi connectivity index (χ2v) is 6.49. The predicted molar refractivity (Wildman–Crippen MR) is 92.9 cm³/mol. The maximum absolute atomic E-state index is 14.0. The van der Waals surface area contributed by atoms with Gasteiger partial charge in [-0.2, -0.15) is 15.0 Å². The number of hydrogen-bond acceptors (Lipinski definition) is 6. The number of nitrogens with two attached hydrogens (primary N) is 1. The van der Waals surface area contributed by atoms with Gasteiger partial charge in [-0.15, -0.1) is 0 Å². The number of nitrogens with one attached hydrogen (secondary N) is 1. The van der Waals surface area contributed by atoms with Crippen molar-refractivity contribution in [3.8, 4) is 5.75 Å². The zero-order valence-corrected chi connectivity index (χ0v) is 14.7. The van der Waals surface area contributed by atoms with Gasteiger partial charge in [0.25, 0.3) is 0 Å². The van der Waals surface area contributed by atoms with Crippen LogP contribution in [0.15, 0.2) is 18.2 Å². The molecular formula is C17H24FN5O. The summed E-state index contributed by atoms with van der Waals surface area (Å²) in [6, 6.07) is 5.94. The molecule has 2 aromatic rings. The lowest BCUT2D eigenvalue weighted by Crippen LogP contribution is -2.26. The van der Waals surface area contributed by atoms with Gasteiger partial charge in [0.1, 0.15) is 12.4 Å². The molecule has 1 heterocycles. The highest BCUT2D eigenvalue weighted by atomic mass is 19.1. The van der Waals surface area contributed by atoms with E-state index in [1.165, 1.54) is 13.8 Å². The topological polar surface area (TPSA) is 86.0 Å². The van der Waals surface area contributed by atoms with Crippen LogP contribution in [0.1, 0.15) is 37.7 Å². The lowest BCUT2D eigenvalue weighted by atomic mass is 10.1. The van der Waals surface area contributed by atoms with Gasteiger partial charge >= 0.3 is 0 Å². The first-order chi connectivity index (χ1) is 11.1. The molecule has 1 aromatic carbocycles. The fraction of sp³-hybridized carbons (Fsp3) is 0.471. The average Bonchev–Trinajstić information content (AvgIpc) is 2.42. The molecule has 0 amide bonds. The molecule has 24 heavy (non-hydrogen) atoms. The van der Waals surface area contributed by atoms with Crippen molar-refractivity contribution in [2.24, 2.45) is 0 Å². The minimum Gasteiger partial charge on any atom is -0.491 e. The van der Waals surface area contributed by atoms with Crippen LogP contribution in [0, 0.1) is 13.8 Å². The van der Waals surface area contributed by atoms with Gasteiger partial charge in [-0.05, 0) is 57.9 Å². The van der Waals surface area contributed by atoms with E-state index in [1.54, 1.807) is 0 Å². The van der Waals surface area contributed by atoms with E-state index in [-0.39, 0.29) is 23.8 Å². The normalized spacial score (nSPS) is 12.8. The number of aryl methyl sites for hydroxylation is 2. The highest BCUT2D eigenvalue weighted by molar-refractivity contribution is 5.34. The largest absolute Gasteiger partial charge is 0.491 e. The molecular weight excluding hydrogens is 309 g/mol. The van der Waals surface area contributed by atoms with Crippen molar-refractivity contribution in [2.75, 3.05) is 17.7 Å². The first-order valence-electron chi connectivity index (χ1n) is 7.82. The minimum absolute atomic E-state index is 0.0000673. The standard InChI is InChI=1S/C17H24FN5O/c1-10-6-11(2)8-13(7-10)24-9-12(3)20-16-22-14(17(4,5)18)21-15(19)23-16/h6-8,12H,9H2,1-5H3,(H3,19,20,21,22,23)/t12-/m1/s1. The summed E-state index contributed by atoms with van der Waals surface area (Å²) < 4.78 is 19.8. The van der Waals surface area contributed by atoms with Crippen LogP contribution >= 0.6 is 0 Å². The molecule has 1 atom stereocenters. The first-order valence-corrected chi connectivity index (χ1v) is 7.82. The molecule has 0 saturated heterocycles. The van der Waals surface area contributed by atoms with E-state index in [9.17, 15) is 4.39 Å². The Morgan fingerprint density at radius 3 is 2.38 bits per heavy atom. The Morgan fingerprint density at radius 1 is 1.17 bits per heavy atom. The number of nitrogen functional groups attached to an aromatic ring is 1. The highest BCUT2D eigenvalue weighted by Crippen LogP contribution is 2.22. The Morgan fingerprint density at radius 2 is 1.79 bits per heavy atom. The second-order valence-electron chi connectivity index (χ2n) is 6.49. The molecule has 0 aliphatic heterocycles. The third-order valence-electron chi connectivity index (χ3n) is 3.26. The quantitative estimate of drug-likeness (QED) is 0.844. The zero-order chi connectivity index (χ0) is 17.9. The summed E-state index contributed by atoms with van der Waals surface area (Å²) >= 11 is 0. The maximum Gasteiger partial charge on any atom is 0.228 e. The van der Waals surface area contributed by atoms with Gasteiger partial charge in [0.15, 0.2) is 11.5 Å². The van der Waals surface area contributed by atoms with Crippen LogP contribution in [0.5, 0.6) is 5.75 Å². The van der Waals surface area contributed by atoms with E-state index >= 15 is 0 Å². The van der Waals surface area contributed by atoms with Crippen LogP contribution in [0.4, 0.5) is 16.3 Å². The summed E-state index contributed by atoms with van der Waals surface area (Å²) in [7, 11) is 0. The molecule has 0 spiro atoms. The molecule has 0 radical (unpaired) electrons. The molecule has 7 heteroatoms.